The monoisotopic (exact) mass is 282 g/mol. The Morgan fingerprint density at radius 3 is 2.70 bits per heavy atom. The number of aliphatic hydroxyl groups is 1. The number of likely N-dealkylation sites (tertiary alicyclic amines) is 1. The van der Waals surface area contributed by atoms with E-state index in [9.17, 15) is 14.7 Å². The van der Waals surface area contributed by atoms with Crippen LogP contribution in [0.1, 0.15) is 45.4 Å². The zero-order chi connectivity index (χ0) is 14.7. The molecule has 114 valence electrons. The van der Waals surface area contributed by atoms with Crippen molar-refractivity contribution in [3.8, 4) is 0 Å². The van der Waals surface area contributed by atoms with Crippen molar-refractivity contribution in [2.24, 2.45) is 5.92 Å². The van der Waals surface area contributed by atoms with Gasteiger partial charge in [-0.05, 0) is 26.2 Å². The Morgan fingerprint density at radius 2 is 2.10 bits per heavy atom. The van der Waals surface area contributed by atoms with Gasteiger partial charge in [-0.2, -0.15) is 0 Å². The van der Waals surface area contributed by atoms with Crippen LogP contribution < -0.4 is 0 Å². The lowest BCUT2D eigenvalue weighted by Crippen LogP contribution is -2.38. The van der Waals surface area contributed by atoms with E-state index in [1.54, 1.807) is 18.9 Å². The normalized spacial score (nSPS) is 25.2. The fourth-order valence-electron chi connectivity index (χ4n) is 3.27. The van der Waals surface area contributed by atoms with E-state index in [2.05, 4.69) is 0 Å². The van der Waals surface area contributed by atoms with Gasteiger partial charge in [0, 0.05) is 32.6 Å². The molecule has 5 nitrogen and oxygen atoms in total. The number of amides is 2. The van der Waals surface area contributed by atoms with Crippen LogP contribution in [0.5, 0.6) is 0 Å². The average Bonchev–Trinajstić information content (AvgIpc) is 3.03. The largest absolute Gasteiger partial charge is 0.393 e. The van der Waals surface area contributed by atoms with Crippen LogP contribution in [-0.2, 0) is 9.59 Å². The fraction of sp³-hybridized carbons (Fsp3) is 0.867. The van der Waals surface area contributed by atoms with Crippen LogP contribution in [0, 0.1) is 5.92 Å². The Balaban J connectivity index is 1.87. The van der Waals surface area contributed by atoms with E-state index in [0.29, 0.717) is 32.0 Å². The van der Waals surface area contributed by atoms with Gasteiger partial charge in [0.05, 0.1) is 12.0 Å². The third kappa shape index (κ3) is 3.51. The first kappa shape index (κ1) is 15.3. The molecule has 2 rings (SSSR count). The maximum absolute atomic E-state index is 12.3. The number of hydrogen-bond acceptors (Lipinski definition) is 3. The van der Waals surface area contributed by atoms with Crippen molar-refractivity contribution < 1.29 is 14.7 Å². The van der Waals surface area contributed by atoms with E-state index in [-0.39, 0.29) is 17.7 Å². The van der Waals surface area contributed by atoms with Crippen LogP contribution in [0.3, 0.4) is 0 Å². The van der Waals surface area contributed by atoms with E-state index >= 15 is 0 Å². The number of rotatable bonds is 5. The highest BCUT2D eigenvalue weighted by atomic mass is 16.3. The van der Waals surface area contributed by atoms with Crippen LogP contribution in [0.4, 0.5) is 0 Å². The molecule has 0 aromatic rings. The minimum atomic E-state index is -0.398. The fourth-order valence-corrected chi connectivity index (χ4v) is 3.27. The first-order valence-electron chi connectivity index (χ1n) is 7.71. The van der Waals surface area contributed by atoms with Crippen LogP contribution >= 0.6 is 0 Å². The Labute approximate surface area is 120 Å². The Bertz CT molecular complexity index is 364. The highest BCUT2D eigenvalue weighted by Crippen LogP contribution is 2.30. The highest BCUT2D eigenvalue weighted by molar-refractivity contribution is 5.89. The number of hydrogen-bond donors (Lipinski definition) is 1. The van der Waals surface area contributed by atoms with Crippen molar-refractivity contribution >= 4 is 11.8 Å². The molecule has 1 aliphatic heterocycles. The summed E-state index contributed by atoms with van der Waals surface area (Å²) in [6.45, 7) is 2.85. The smallest absolute Gasteiger partial charge is 0.227 e. The molecule has 0 spiro atoms. The van der Waals surface area contributed by atoms with Crippen molar-refractivity contribution in [2.45, 2.75) is 57.6 Å². The summed E-state index contributed by atoms with van der Waals surface area (Å²) in [5, 5.41) is 9.28. The second-order valence-corrected chi connectivity index (χ2v) is 6.28. The maximum Gasteiger partial charge on any atom is 0.227 e. The molecule has 0 bridgehead atoms. The van der Waals surface area contributed by atoms with Gasteiger partial charge in [0.15, 0.2) is 0 Å². The van der Waals surface area contributed by atoms with Crippen molar-refractivity contribution in [3.05, 3.63) is 0 Å². The second-order valence-electron chi connectivity index (χ2n) is 6.28. The predicted octanol–water partition coefficient (Wildman–Crippen LogP) is 1.01. The summed E-state index contributed by atoms with van der Waals surface area (Å²) >= 11 is 0. The lowest BCUT2D eigenvalue weighted by molar-refractivity contribution is -0.134. The summed E-state index contributed by atoms with van der Waals surface area (Å²) in [6.07, 6.45) is 5.10. The summed E-state index contributed by atoms with van der Waals surface area (Å²) in [7, 11) is 1.76. The summed E-state index contributed by atoms with van der Waals surface area (Å²) in [6, 6.07) is 0.364. The molecule has 0 radical (unpaired) electrons. The number of nitrogens with zero attached hydrogens (tertiary/aromatic N) is 2. The molecule has 2 unspecified atom stereocenters. The molecule has 0 aromatic heterocycles. The summed E-state index contributed by atoms with van der Waals surface area (Å²) in [4.78, 5) is 28.0. The molecule has 2 aliphatic rings. The number of carbonyl (C=O) groups is 2. The molecule has 5 heteroatoms. The molecule has 0 aromatic carbocycles. The molecular weight excluding hydrogens is 256 g/mol. The molecule has 1 saturated heterocycles. The van der Waals surface area contributed by atoms with Gasteiger partial charge in [-0.15, -0.1) is 0 Å². The third-order valence-corrected chi connectivity index (χ3v) is 4.53. The lowest BCUT2D eigenvalue weighted by Gasteiger charge is -2.25. The summed E-state index contributed by atoms with van der Waals surface area (Å²) in [5.74, 6) is -0.0132. The Kier molecular flexibility index (Phi) is 5.02. The second kappa shape index (κ2) is 6.57. The van der Waals surface area contributed by atoms with Gasteiger partial charge >= 0.3 is 0 Å². The zero-order valence-electron chi connectivity index (χ0n) is 12.5. The van der Waals surface area contributed by atoms with Crippen LogP contribution in [0.25, 0.3) is 0 Å². The van der Waals surface area contributed by atoms with Gasteiger partial charge in [0.1, 0.15) is 0 Å². The molecule has 2 atom stereocenters. The first-order valence-corrected chi connectivity index (χ1v) is 7.71. The van der Waals surface area contributed by atoms with E-state index in [0.717, 1.165) is 12.8 Å². The highest BCUT2D eigenvalue weighted by Gasteiger charge is 2.39. The Hall–Kier alpha value is -1.10. The predicted molar refractivity (Wildman–Crippen MR) is 76.0 cm³/mol. The average molecular weight is 282 g/mol. The van der Waals surface area contributed by atoms with E-state index in [1.165, 1.54) is 12.8 Å². The molecule has 1 heterocycles. The van der Waals surface area contributed by atoms with Gasteiger partial charge < -0.3 is 14.9 Å². The maximum atomic E-state index is 12.3. The lowest BCUT2D eigenvalue weighted by atomic mass is 10.1. The number of carbonyl (C=O) groups excluding carboxylic acids is 2. The molecule has 2 amide bonds. The van der Waals surface area contributed by atoms with Crippen molar-refractivity contribution in [1.29, 1.82) is 0 Å². The molecular formula is C15H26N2O3. The van der Waals surface area contributed by atoms with Crippen molar-refractivity contribution in [2.75, 3.05) is 20.1 Å². The molecule has 1 N–H and O–H groups in total. The first-order chi connectivity index (χ1) is 9.49. The molecule has 2 fully saturated rings. The molecule has 1 aliphatic carbocycles. The topological polar surface area (TPSA) is 60.9 Å². The van der Waals surface area contributed by atoms with E-state index < -0.39 is 6.10 Å². The minimum Gasteiger partial charge on any atom is -0.393 e. The SMILES string of the molecule is CC(O)CCN(C)C(=O)C1CC(=O)N(C2CCCC2)C1. The van der Waals surface area contributed by atoms with E-state index in [4.69, 9.17) is 0 Å². The van der Waals surface area contributed by atoms with Gasteiger partial charge in [0.25, 0.3) is 0 Å². The molecule has 20 heavy (non-hydrogen) atoms. The quantitative estimate of drug-likeness (QED) is 0.818. The van der Waals surface area contributed by atoms with Crippen molar-refractivity contribution in [3.63, 3.8) is 0 Å². The minimum absolute atomic E-state index is 0.0412. The standard InChI is InChI=1S/C15H26N2O3/c1-11(18)7-8-16(2)15(20)12-9-14(19)17(10-12)13-5-3-4-6-13/h11-13,18H,3-10H2,1-2H3. The van der Waals surface area contributed by atoms with Gasteiger partial charge in [-0.25, -0.2) is 0 Å². The summed E-state index contributed by atoms with van der Waals surface area (Å²) < 4.78 is 0. The van der Waals surface area contributed by atoms with E-state index in [1.807, 2.05) is 4.90 Å². The van der Waals surface area contributed by atoms with Crippen LogP contribution in [0.15, 0.2) is 0 Å². The van der Waals surface area contributed by atoms with Gasteiger partial charge in [-0.3, -0.25) is 9.59 Å². The zero-order valence-corrected chi connectivity index (χ0v) is 12.5. The van der Waals surface area contributed by atoms with Crippen LogP contribution in [-0.4, -0.2) is 59.0 Å². The summed E-state index contributed by atoms with van der Waals surface area (Å²) in [5.41, 5.74) is 0. The number of aliphatic hydroxyl groups excluding tert-OH is 1. The Morgan fingerprint density at radius 1 is 1.45 bits per heavy atom. The third-order valence-electron chi connectivity index (χ3n) is 4.53. The van der Waals surface area contributed by atoms with Gasteiger partial charge in [-0.1, -0.05) is 12.8 Å². The van der Waals surface area contributed by atoms with Crippen molar-refractivity contribution in [1.82, 2.24) is 9.80 Å². The van der Waals surface area contributed by atoms with Gasteiger partial charge in [0.2, 0.25) is 11.8 Å². The van der Waals surface area contributed by atoms with Crippen LogP contribution in [0.2, 0.25) is 0 Å². The molecule has 1 saturated carbocycles.